The van der Waals surface area contributed by atoms with E-state index >= 15 is 0 Å². The maximum atomic E-state index is 12.8. The van der Waals surface area contributed by atoms with Gasteiger partial charge in [-0.3, -0.25) is 4.79 Å². The Kier molecular flexibility index (Phi) is 5.05. The van der Waals surface area contributed by atoms with Gasteiger partial charge in [-0.2, -0.15) is 4.98 Å². The molecule has 124 valence electrons. The van der Waals surface area contributed by atoms with E-state index in [1.165, 1.54) is 0 Å². The number of aromatic nitrogens is 2. The Bertz CT molecular complexity index is 784. The van der Waals surface area contributed by atoms with E-state index in [1.54, 1.807) is 23.3 Å². The first-order chi connectivity index (χ1) is 11.7. The van der Waals surface area contributed by atoms with Gasteiger partial charge in [0.25, 0.3) is 0 Å². The minimum absolute atomic E-state index is 0.0552. The zero-order valence-corrected chi connectivity index (χ0v) is 14.5. The van der Waals surface area contributed by atoms with Crippen molar-refractivity contribution in [2.24, 2.45) is 0 Å². The number of benzene rings is 1. The fourth-order valence-corrected chi connectivity index (χ4v) is 3.26. The van der Waals surface area contributed by atoms with Crippen LogP contribution >= 0.6 is 11.3 Å². The molecular weight excluding hydrogens is 322 g/mol. The summed E-state index contributed by atoms with van der Waals surface area (Å²) in [4.78, 5) is 19.7. The zero-order chi connectivity index (χ0) is 16.9. The molecule has 3 aromatic rings. The van der Waals surface area contributed by atoms with Crippen LogP contribution in [0.4, 0.5) is 0 Å². The molecule has 0 aliphatic rings. The Morgan fingerprint density at radius 1 is 1.25 bits per heavy atom. The summed E-state index contributed by atoms with van der Waals surface area (Å²) in [6.45, 7) is 2.32. The van der Waals surface area contributed by atoms with Gasteiger partial charge in [0.15, 0.2) is 0 Å². The van der Waals surface area contributed by atoms with E-state index in [1.807, 2.05) is 54.8 Å². The van der Waals surface area contributed by atoms with Gasteiger partial charge in [-0.15, -0.1) is 11.3 Å². The molecule has 0 radical (unpaired) electrons. The van der Waals surface area contributed by atoms with Gasteiger partial charge in [0.2, 0.25) is 17.6 Å². The van der Waals surface area contributed by atoms with Crippen LogP contribution in [-0.2, 0) is 11.3 Å². The fourth-order valence-electron chi connectivity index (χ4n) is 2.61. The van der Waals surface area contributed by atoms with Crippen LogP contribution in [0.2, 0.25) is 0 Å². The van der Waals surface area contributed by atoms with E-state index in [0.717, 1.165) is 16.9 Å². The van der Waals surface area contributed by atoms with Crippen molar-refractivity contribution in [3.05, 3.63) is 59.3 Å². The molecule has 1 aromatic carbocycles. The molecule has 0 bridgehead atoms. The van der Waals surface area contributed by atoms with Crippen molar-refractivity contribution < 1.29 is 9.32 Å². The molecular formula is C18H19N3O2S. The van der Waals surface area contributed by atoms with Crippen molar-refractivity contribution in [1.82, 2.24) is 15.0 Å². The first-order valence-corrected chi connectivity index (χ1v) is 8.73. The summed E-state index contributed by atoms with van der Waals surface area (Å²) in [6.07, 6.45) is 0.747. The number of hydrogen-bond acceptors (Lipinski definition) is 5. The highest BCUT2D eigenvalue weighted by atomic mass is 32.1. The number of likely N-dealkylation sites (N-methyl/N-ethyl adjacent to an activating group) is 1. The van der Waals surface area contributed by atoms with Gasteiger partial charge < -0.3 is 9.42 Å². The van der Waals surface area contributed by atoms with E-state index in [4.69, 9.17) is 4.52 Å². The predicted molar refractivity (Wildman–Crippen MR) is 93.6 cm³/mol. The van der Waals surface area contributed by atoms with Crippen LogP contribution in [0.25, 0.3) is 10.7 Å². The van der Waals surface area contributed by atoms with Gasteiger partial charge >= 0.3 is 0 Å². The zero-order valence-electron chi connectivity index (χ0n) is 13.7. The standard InChI is InChI=1S/C18H19N3O2S/c1-3-14(13-8-5-4-6-9-13)18(22)21(2)12-16-19-17(20-23-16)15-10-7-11-24-15/h4-11,14H,3,12H2,1-2H3/t14-/m0/s1. The molecule has 0 aliphatic carbocycles. The molecule has 0 fully saturated rings. The number of thiophene rings is 1. The van der Waals surface area contributed by atoms with Crippen molar-refractivity contribution in [3.8, 4) is 10.7 Å². The lowest BCUT2D eigenvalue weighted by atomic mass is 9.95. The van der Waals surface area contributed by atoms with Crippen LogP contribution in [0.5, 0.6) is 0 Å². The van der Waals surface area contributed by atoms with Crippen LogP contribution in [0.3, 0.4) is 0 Å². The SMILES string of the molecule is CC[C@H](C(=O)N(C)Cc1nc(-c2cccs2)no1)c1ccccc1. The lowest BCUT2D eigenvalue weighted by Crippen LogP contribution is -2.31. The molecule has 1 amide bonds. The second-order valence-electron chi connectivity index (χ2n) is 5.55. The third-order valence-electron chi connectivity index (χ3n) is 3.87. The highest BCUT2D eigenvalue weighted by molar-refractivity contribution is 7.13. The normalized spacial score (nSPS) is 12.1. The summed E-state index contributed by atoms with van der Waals surface area (Å²) < 4.78 is 5.28. The molecule has 0 unspecified atom stereocenters. The Morgan fingerprint density at radius 2 is 2.04 bits per heavy atom. The van der Waals surface area contributed by atoms with Gasteiger partial charge in [0, 0.05) is 7.05 Å². The van der Waals surface area contributed by atoms with Crippen molar-refractivity contribution in [3.63, 3.8) is 0 Å². The Hall–Kier alpha value is -2.47. The maximum Gasteiger partial charge on any atom is 0.246 e. The Morgan fingerprint density at radius 3 is 2.71 bits per heavy atom. The number of carbonyl (C=O) groups excluding carboxylic acids is 1. The highest BCUT2D eigenvalue weighted by Crippen LogP contribution is 2.24. The lowest BCUT2D eigenvalue weighted by molar-refractivity contribution is -0.132. The minimum Gasteiger partial charge on any atom is -0.337 e. The van der Waals surface area contributed by atoms with Gasteiger partial charge in [0.1, 0.15) is 0 Å². The number of rotatable bonds is 6. The topological polar surface area (TPSA) is 59.2 Å². The molecule has 0 N–H and O–H groups in total. The van der Waals surface area contributed by atoms with Crippen LogP contribution in [0.1, 0.15) is 30.7 Å². The summed E-state index contributed by atoms with van der Waals surface area (Å²) in [5.74, 6) is 0.906. The quantitative estimate of drug-likeness (QED) is 0.681. The summed E-state index contributed by atoms with van der Waals surface area (Å²) >= 11 is 1.55. The van der Waals surface area contributed by atoms with Gasteiger partial charge in [-0.05, 0) is 23.4 Å². The van der Waals surface area contributed by atoms with E-state index in [2.05, 4.69) is 10.1 Å². The number of amides is 1. The molecule has 0 spiro atoms. The number of hydrogen-bond donors (Lipinski definition) is 0. The van der Waals surface area contributed by atoms with Crippen LogP contribution in [0.15, 0.2) is 52.4 Å². The summed E-state index contributed by atoms with van der Waals surface area (Å²) in [7, 11) is 1.77. The molecule has 0 aliphatic heterocycles. The predicted octanol–water partition coefficient (Wildman–Crippen LogP) is 3.95. The van der Waals surface area contributed by atoms with Crippen molar-refractivity contribution in [2.75, 3.05) is 7.05 Å². The van der Waals surface area contributed by atoms with E-state index in [-0.39, 0.29) is 11.8 Å². The van der Waals surface area contributed by atoms with Crippen LogP contribution in [-0.4, -0.2) is 28.0 Å². The van der Waals surface area contributed by atoms with Gasteiger partial charge in [-0.25, -0.2) is 0 Å². The molecule has 1 atom stereocenters. The third-order valence-corrected chi connectivity index (χ3v) is 4.73. The fraction of sp³-hybridized carbons (Fsp3) is 0.278. The van der Waals surface area contributed by atoms with E-state index in [0.29, 0.717) is 18.3 Å². The second-order valence-corrected chi connectivity index (χ2v) is 6.50. The molecule has 6 heteroatoms. The van der Waals surface area contributed by atoms with Gasteiger partial charge in [0.05, 0.1) is 17.3 Å². The summed E-state index contributed by atoms with van der Waals surface area (Å²) in [5.41, 5.74) is 1.03. The lowest BCUT2D eigenvalue weighted by Gasteiger charge is -2.22. The third kappa shape index (κ3) is 3.54. The smallest absolute Gasteiger partial charge is 0.246 e. The molecule has 5 nitrogen and oxygen atoms in total. The average Bonchev–Trinajstić information content (AvgIpc) is 3.27. The first-order valence-electron chi connectivity index (χ1n) is 7.85. The van der Waals surface area contributed by atoms with Crippen molar-refractivity contribution >= 4 is 17.2 Å². The highest BCUT2D eigenvalue weighted by Gasteiger charge is 2.23. The van der Waals surface area contributed by atoms with E-state index in [9.17, 15) is 4.79 Å². The minimum atomic E-state index is -0.157. The van der Waals surface area contributed by atoms with Gasteiger partial charge in [-0.1, -0.05) is 48.5 Å². The van der Waals surface area contributed by atoms with Crippen molar-refractivity contribution in [2.45, 2.75) is 25.8 Å². The van der Waals surface area contributed by atoms with Crippen molar-refractivity contribution in [1.29, 1.82) is 0 Å². The molecule has 24 heavy (non-hydrogen) atoms. The van der Waals surface area contributed by atoms with E-state index < -0.39 is 0 Å². The number of nitrogens with zero attached hydrogens (tertiary/aromatic N) is 3. The molecule has 2 heterocycles. The summed E-state index contributed by atoms with van der Waals surface area (Å²) in [5, 5.41) is 5.95. The summed E-state index contributed by atoms with van der Waals surface area (Å²) in [6, 6.07) is 13.7. The second kappa shape index (κ2) is 7.40. The largest absolute Gasteiger partial charge is 0.337 e. The maximum absolute atomic E-state index is 12.8. The Labute approximate surface area is 144 Å². The Balaban J connectivity index is 1.70. The first kappa shape index (κ1) is 16.4. The van der Waals surface area contributed by atoms with Crippen LogP contribution < -0.4 is 0 Å². The van der Waals surface area contributed by atoms with Crippen LogP contribution in [0, 0.1) is 0 Å². The molecule has 0 saturated carbocycles. The molecule has 0 saturated heterocycles. The monoisotopic (exact) mass is 341 g/mol. The number of carbonyl (C=O) groups is 1. The average molecular weight is 341 g/mol. The molecule has 3 rings (SSSR count). The molecule has 2 aromatic heterocycles.